The Hall–Kier alpha value is -0.610. The van der Waals surface area contributed by atoms with E-state index in [1.165, 1.54) is 0 Å². The third-order valence-corrected chi connectivity index (χ3v) is 4.46. The summed E-state index contributed by atoms with van der Waals surface area (Å²) >= 11 is 0. The minimum Gasteiger partial charge on any atom is -0.378 e. The Morgan fingerprint density at radius 1 is 1.31 bits per heavy atom. The third-order valence-electron chi connectivity index (χ3n) is 4.46. The number of carbonyl (C=O) groups is 1. The molecular weight excluding hydrogens is 445 g/mol. The Morgan fingerprint density at radius 3 is 2.46 bits per heavy atom. The first-order chi connectivity index (χ1) is 12.0. The van der Waals surface area contributed by atoms with Gasteiger partial charge in [0.2, 0.25) is 5.91 Å². The van der Waals surface area contributed by atoms with Crippen molar-refractivity contribution in [3.63, 3.8) is 0 Å². The molecule has 1 aliphatic rings. The molecule has 1 atom stereocenters. The number of likely N-dealkylation sites (tertiary alicyclic amines) is 1. The molecule has 0 saturated carbocycles. The summed E-state index contributed by atoms with van der Waals surface area (Å²) in [6.07, 6.45) is 3.17. The zero-order valence-electron chi connectivity index (χ0n) is 16.8. The van der Waals surface area contributed by atoms with Gasteiger partial charge in [-0.1, -0.05) is 13.8 Å². The van der Waals surface area contributed by atoms with Crippen molar-refractivity contribution in [2.75, 3.05) is 39.3 Å². The molecule has 0 radical (unpaired) electrons. The van der Waals surface area contributed by atoms with Gasteiger partial charge in [0, 0.05) is 38.8 Å². The van der Waals surface area contributed by atoms with Crippen LogP contribution in [0.5, 0.6) is 0 Å². The minimum absolute atomic E-state index is 0. The zero-order valence-corrected chi connectivity index (χ0v) is 19.1. The summed E-state index contributed by atoms with van der Waals surface area (Å²) in [4.78, 5) is 17.8. The lowest BCUT2D eigenvalue weighted by atomic mass is 10.0. The van der Waals surface area contributed by atoms with E-state index in [1.54, 1.807) is 0 Å². The van der Waals surface area contributed by atoms with Crippen molar-refractivity contribution in [1.82, 2.24) is 15.5 Å². The van der Waals surface area contributed by atoms with Gasteiger partial charge < -0.3 is 21.1 Å². The molecule has 8 heteroatoms. The summed E-state index contributed by atoms with van der Waals surface area (Å²) in [5.41, 5.74) is 5.26. The van der Waals surface area contributed by atoms with Gasteiger partial charge in [-0.25, -0.2) is 0 Å². The van der Waals surface area contributed by atoms with Crippen molar-refractivity contribution < 1.29 is 9.53 Å². The average molecular weight is 483 g/mol. The molecule has 0 aromatic carbocycles. The van der Waals surface area contributed by atoms with E-state index < -0.39 is 0 Å². The summed E-state index contributed by atoms with van der Waals surface area (Å²) in [7, 11) is 0. The van der Waals surface area contributed by atoms with Crippen LogP contribution in [0.4, 0.5) is 0 Å². The summed E-state index contributed by atoms with van der Waals surface area (Å²) in [5.74, 6) is 1.12. The molecule has 1 rings (SSSR count). The summed E-state index contributed by atoms with van der Waals surface area (Å²) in [5, 5.41) is 6.84. The molecule has 1 saturated heterocycles. The van der Waals surface area contributed by atoms with Crippen LogP contribution >= 0.6 is 24.0 Å². The highest BCUT2D eigenvalue weighted by Crippen LogP contribution is 2.11. The Kier molecular flexibility index (Phi) is 14.1. The van der Waals surface area contributed by atoms with E-state index in [0.29, 0.717) is 18.5 Å². The molecule has 1 heterocycles. The number of guanidine groups is 1. The highest BCUT2D eigenvalue weighted by atomic mass is 127. The van der Waals surface area contributed by atoms with Gasteiger partial charge in [0.25, 0.3) is 0 Å². The van der Waals surface area contributed by atoms with Gasteiger partial charge in [0.05, 0.1) is 12.6 Å². The normalized spacial score (nSPS) is 17.7. The van der Waals surface area contributed by atoms with E-state index in [0.717, 1.165) is 58.0 Å². The minimum atomic E-state index is -0.254. The van der Waals surface area contributed by atoms with Gasteiger partial charge in [-0.2, -0.15) is 0 Å². The number of nitrogens with zero attached hydrogens (tertiary/aromatic N) is 2. The molecule has 1 aliphatic heterocycles. The molecule has 1 amide bonds. The molecule has 7 nitrogen and oxygen atoms in total. The molecule has 26 heavy (non-hydrogen) atoms. The number of ether oxygens (including phenoxy) is 1. The molecule has 0 bridgehead atoms. The quantitative estimate of drug-likeness (QED) is 0.249. The van der Waals surface area contributed by atoms with E-state index in [2.05, 4.69) is 36.3 Å². The number of aliphatic imine (C=N–C) groups is 1. The zero-order chi connectivity index (χ0) is 18.7. The summed E-state index contributed by atoms with van der Waals surface area (Å²) in [6.45, 7) is 13.0. The number of amides is 1. The molecule has 0 aromatic heterocycles. The van der Waals surface area contributed by atoms with Gasteiger partial charge in [-0.15, -0.1) is 24.0 Å². The van der Waals surface area contributed by atoms with E-state index >= 15 is 0 Å². The standard InChI is InChI=1S/C18H37N5O2.HI/c1-5-20-18(21-10-7-16(14(3)4)25-6-2)22-15-8-11-23(12-9-15)13-17(19)24;/h14-16H,5-13H2,1-4H3,(H2,19,24)(H2,20,21,22);1H. The van der Waals surface area contributed by atoms with Crippen molar-refractivity contribution in [1.29, 1.82) is 0 Å². The lowest BCUT2D eigenvalue weighted by Crippen LogP contribution is -2.49. The van der Waals surface area contributed by atoms with E-state index in [1.807, 2.05) is 6.92 Å². The fourth-order valence-electron chi connectivity index (χ4n) is 3.10. The van der Waals surface area contributed by atoms with Crippen LogP contribution in [-0.2, 0) is 9.53 Å². The van der Waals surface area contributed by atoms with E-state index in [-0.39, 0.29) is 36.0 Å². The first-order valence-corrected chi connectivity index (χ1v) is 9.63. The number of hydrogen-bond donors (Lipinski definition) is 3. The van der Waals surface area contributed by atoms with Gasteiger partial charge in [0.1, 0.15) is 0 Å². The van der Waals surface area contributed by atoms with Crippen LogP contribution in [0.3, 0.4) is 0 Å². The maximum Gasteiger partial charge on any atom is 0.231 e. The lowest BCUT2D eigenvalue weighted by molar-refractivity contribution is -0.119. The largest absolute Gasteiger partial charge is 0.378 e. The summed E-state index contributed by atoms with van der Waals surface area (Å²) < 4.78 is 5.79. The van der Waals surface area contributed by atoms with Crippen molar-refractivity contribution in [3.8, 4) is 0 Å². The van der Waals surface area contributed by atoms with E-state index in [9.17, 15) is 4.79 Å². The number of nitrogens with one attached hydrogen (secondary N) is 2. The second kappa shape index (κ2) is 14.4. The van der Waals surface area contributed by atoms with Crippen LogP contribution < -0.4 is 16.4 Å². The van der Waals surface area contributed by atoms with Crippen LogP contribution in [0.15, 0.2) is 4.99 Å². The third kappa shape index (κ3) is 10.5. The number of rotatable bonds is 10. The fourth-order valence-corrected chi connectivity index (χ4v) is 3.10. The molecule has 0 aromatic rings. The number of primary amides is 1. The number of piperidine rings is 1. The maximum absolute atomic E-state index is 11.0. The number of hydrogen-bond acceptors (Lipinski definition) is 4. The SMILES string of the molecule is CCNC(=NCCC(OCC)C(C)C)NC1CCN(CC(N)=O)CC1.I. The molecule has 0 spiro atoms. The first-order valence-electron chi connectivity index (χ1n) is 9.63. The topological polar surface area (TPSA) is 92.0 Å². The van der Waals surface area contributed by atoms with Crippen LogP contribution in [0.1, 0.15) is 47.0 Å². The summed E-state index contributed by atoms with van der Waals surface area (Å²) in [6, 6.07) is 0.384. The Labute approximate surface area is 175 Å². The van der Waals surface area contributed by atoms with Crippen LogP contribution in [0.25, 0.3) is 0 Å². The second-order valence-corrected chi connectivity index (χ2v) is 6.95. The highest BCUT2D eigenvalue weighted by molar-refractivity contribution is 14.0. The molecule has 1 unspecified atom stereocenters. The lowest BCUT2D eigenvalue weighted by Gasteiger charge is -2.32. The van der Waals surface area contributed by atoms with Crippen molar-refractivity contribution in [2.24, 2.45) is 16.6 Å². The van der Waals surface area contributed by atoms with Crippen LogP contribution in [0.2, 0.25) is 0 Å². The maximum atomic E-state index is 11.0. The van der Waals surface area contributed by atoms with Crippen molar-refractivity contribution >= 4 is 35.8 Å². The van der Waals surface area contributed by atoms with Crippen molar-refractivity contribution in [3.05, 3.63) is 0 Å². The monoisotopic (exact) mass is 483 g/mol. The molecule has 4 N–H and O–H groups in total. The van der Waals surface area contributed by atoms with Crippen molar-refractivity contribution in [2.45, 2.75) is 59.1 Å². The average Bonchev–Trinajstić information content (AvgIpc) is 2.55. The van der Waals surface area contributed by atoms with E-state index in [4.69, 9.17) is 15.5 Å². The predicted octanol–water partition coefficient (Wildman–Crippen LogP) is 1.56. The molecule has 0 aliphatic carbocycles. The number of halogens is 1. The number of carbonyl (C=O) groups excluding carboxylic acids is 1. The van der Waals surface area contributed by atoms with Gasteiger partial charge in [-0.05, 0) is 39.0 Å². The van der Waals surface area contributed by atoms with Gasteiger partial charge in [-0.3, -0.25) is 14.7 Å². The Balaban J connectivity index is 0.00000625. The van der Waals surface area contributed by atoms with Gasteiger partial charge in [0.15, 0.2) is 5.96 Å². The second-order valence-electron chi connectivity index (χ2n) is 6.95. The molecule has 154 valence electrons. The van der Waals surface area contributed by atoms with Crippen LogP contribution in [-0.4, -0.2) is 68.2 Å². The van der Waals surface area contributed by atoms with Crippen LogP contribution in [0, 0.1) is 5.92 Å². The first kappa shape index (κ1) is 25.4. The molecule has 1 fully saturated rings. The Morgan fingerprint density at radius 2 is 1.96 bits per heavy atom. The smallest absolute Gasteiger partial charge is 0.231 e. The van der Waals surface area contributed by atoms with Gasteiger partial charge >= 0.3 is 0 Å². The Bertz CT molecular complexity index is 412. The number of nitrogens with two attached hydrogens (primary N) is 1. The molecular formula is C18H38IN5O2. The fraction of sp³-hybridized carbons (Fsp3) is 0.889. The highest BCUT2D eigenvalue weighted by Gasteiger charge is 2.21. The predicted molar refractivity (Wildman–Crippen MR) is 118 cm³/mol.